The van der Waals surface area contributed by atoms with Crippen molar-refractivity contribution in [3.05, 3.63) is 58.6 Å². The highest BCUT2D eigenvalue weighted by molar-refractivity contribution is 9.10. The first-order valence-corrected chi connectivity index (χ1v) is 9.22. The zero-order valence-corrected chi connectivity index (χ0v) is 14.8. The molecule has 112 valence electrons. The van der Waals surface area contributed by atoms with Crippen molar-refractivity contribution in [1.82, 2.24) is 0 Å². The Kier molecular flexibility index (Phi) is 6.84. The third-order valence-electron chi connectivity index (χ3n) is 2.72. The lowest BCUT2D eigenvalue weighted by Crippen LogP contribution is -2.14. The van der Waals surface area contributed by atoms with Crippen LogP contribution in [0.3, 0.4) is 0 Å². The molecule has 0 aliphatic heterocycles. The highest BCUT2D eigenvalue weighted by Crippen LogP contribution is 2.28. The standard InChI is InChI=1S/C16H13BrN2OS2/c17-14-8-13(22-11-18)6-7-15(14)19-16(20)10-21-9-12-4-2-1-3-5-12/h1-8H,9-10H2,(H,19,20). The molecule has 0 saturated carbocycles. The number of thiocyanates is 1. The fraction of sp³-hybridized carbons (Fsp3) is 0.125. The van der Waals surface area contributed by atoms with Gasteiger partial charge in [-0.1, -0.05) is 30.3 Å². The second-order valence-corrected chi connectivity index (χ2v) is 7.06. The Hall–Kier alpha value is -1.42. The first-order valence-electron chi connectivity index (χ1n) is 6.46. The maximum absolute atomic E-state index is 12.0. The molecule has 3 nitrogen and oxygen atoms in total. The molecular formula is C16H13BrN2OS2. The van der Waals surface area contributed by atoms with Gasteiger partial charge in [-0.25, -0.2) is 0 Å². The molecule has 22 heavy (non-hydrogen) atoms. The van der Waals surface area contributed by atoms with Crippen LogP contribution in [0.15, 0.2) is 57.9 Å². The Bertz CT molecular complexity index is 686. The number of hydrogen-bond acceptors (Lipinski definition) is 4. The van der Waals surface area contributed by atoms with Crippen LogP contribution in [0.5, 0.6) is 0 Å². The van der Waals surface area contributed by atoms with E-state index in [0.29, 0.717) is 11.4 Å². The quantitative estimate of drug-likeness (QED) is 0.561. The minimum Gasteiger partial charge on any atom is -0.324 e. The largest absolute Gasteiger partial charge is 0.324 e. The Morgan fingerprint density at radius 3 is 2.68 bits per heavy atom. The van der Waals surface area contributed by atoms with E-state index in [2.05, 4.69) is 21.2 Å². The van der Waals surface area contributed by atoms with Crippen LogP contribution in [0.4, 0.5) is 5.69 Å². The van der Waals surface area contributed by atoms with Crippen molar-refractivity contribution in [3.63, 3.8) is 0 Å². The van der Waals surface area contributed by atoms with Crippen molar-refractivity contribution in [3.8, 4) is 5.40 Å². The number of nitrogens with one attached hydrogen (secondary N) is 1. The summed E-state index contributed by atoms with van der Waals surface area (Å²) >= 11 is 6.07. The molecule has 0 unspecified atom stereocenters. The van der Waals surface area contributed by atoms with E-state index in [9.17, 15) is 4.79 Å². The number of thioether (sulfide) groups is 2. The van der Waals surface area contributed by atoms with Gasteiger partial charge in [0.25, 0.3) is 0 Å². The molecule has 0 spiro atoms. The molecule has 0 heterocycles. The van der Waals surface area contributed by atoms with Crippen molar-refractivity contribution >= 4 is 51.0 Å². The molecule has 0 radical (unpaired) electrons. The van der Waals surface area contributed by atoms with Crippen molar-refractivity contribution in [2.24, 2.45) is 0 Å². The maximum Gasteiger partial charge on any atom is 0.234 e. The summed E-state index contributed by atoms with van der Waals surface area (Å²) in [6.45, 7) is 0. The normalized spacial score (nSPS) is 10.0. The number of amides is 1. The van der Waals surface area contributed by atoms with Crippen LogP contribution in [-0.2, 0) is 10.5 Å². The molecule has 0 bridgehead atoms. The van der Waals surface area contributed by atoms with Crippen LogP contribution in [0.25, 0.3) is 0 Å². The van der Waals surface area contributed by atoms with Crippen LogP contribution >= 0.6 is 39.5 Å². The van der Waals surface area contributed by atoms with E-state index in [4.69, 9.17) is 5.26 Å². The number of carbonyl (C=O) groups is 1. The number of nitriles is 1. The van der Waals surface area contributed by atoms with Gasteiger partial charge in [0.15, 0.2) is 0 Å². The smallest absolute Gasteiger partial charge is 0.234 e. The van der Waals surface area contributed by atoms with E-state index in [0.717, 1.165) is 26.9 Å². The minimum atomic E-state index is -0.0395. The van der Waals surface area contributed by atoms with Gasteiger partial charge in [0.2, 0.25) is 5.91 Å². The van der Waals surface area contributed by atoms with Crippen molar-refractivity contribution in [2.75, 3.05) is 11.1 Å². The Labute approximate surface area is 146 Å². The fourth-order valence-corrected chi connectivity index (χ4v) is 3.57. The van der Waals surface area contributed by atoms with Crippen LogP contribution < -0.4 is 5.32 Å². The third kappa shape index (κ3) is 5.41. The molecule has 0 atom stereocenters. The lowest BCUT2D eigenvalue weighted by molar-refractivity contribution is -0.113. The van der Waals surface area contributed by atoms with Gasteiger partial charge in [0, 0.05) is 15.1 Å². The van der Waals surface area contributed by atoms with Crippen LogP contribution in [-0.4, -0.2) is 11.7 Å². The third-order valence-corrected chi connectivity index (χ3v) is 4.96. The van der Waals surface area contributed by atoms with Crippen molar-refractivity contribution < 1.29 is 4.79 Å². The molecule has 6 heteroatoms. The Morgan fingerprint density at radius 2 is 2.00 bits per heavy atom. The van der Waals surface area contributed by atoms with Gasteiger partial charge in [0.1, 0.15) is 5.40 Å². The van der Waals surface area contributed by atoms with E-state index >= 15 is 0 Å². The van der Waals surface area contributed by atoms with Gasteiger partial charge in [-0.05, 0) is 51.5 Å². The summed E-state index contributed by atoms with van der Waals surface area (Å²) in [5.74, 6) is 1.17. The summed E-state index contributed by atoms with van der Waals surface area (Å²) in [4.78, 5) is 12.8. The van der Waals surface area contributed by atoms with Gasteiger partial charge in [0.05, 0.1) is 11.4 Å². The van der Waals surface area contributed by atoms with E-state index in [1.807, 2.05) is 47.9 Å². The predicted molar refractivity (Wildman–Crippen MR) is 96.8 cm³/mol. The van der Waals surface area contributed by atoms with Crippen molar-refractivity contribution in [2.45, 2.75) is 10.6 Å². The highest BCUT2D eigenvalue weighted by atomic mass is 79.9. The van der Waals surface area contributed by atoms with Crippen LogP contribution in [0.2, 0.25) is 0 Å². The molecule has 1 amide bonds. The number of benzene rings is 2. The first-order chi connectivity index (χ1) is 10.7. The summed E-state index contributed by atoms with van der Waals surface area (Å²) in [6.07, 6.45) is 0. The number of carbonyl (C=O) groups excluding carboxylic acids is 1. The van der Waals surface area contributed by atoms with Crippen molar-refractivity contribution in [1.29, 1.82) is 5.26 Å². The number of anilines is 1. The highest BCUT2D eigenvalue weighted by Gasteiger charge is 2.07. The van der Waals surface area contributed by atoms with E-state index < -0.39 is 0 Å². The number of halogens is 1. The lowest BCUT2D eigenvalue weighted by Gasteiger charge is -2.08. The maximum atomic E-state index is 12.0. The zero-order valence-electron chi connectivity index (χ0n) is 11.6. The average Bonchev–Trinajstić information content (AvgIpc) is 2.51. The summed E-state index contributed by atoms with van der Waals surface area (Å²) in [6, 6.07) is 15.5. The molecule has 2 rings (SSSR count). The lowest BCUT2D eigenvalue weighted by atomic mass is 10.2. The second kappa shape index (κ2) is 8.89. The molecule has 0 aromatic heterocycles. The van der Waals surface area contributed by atoms with Crippen LogP contribution in [0, 0.1) is 10.7 Å². The van der Waals surface area contributed by atoms with E-state index in [-0.39, 0.29) is 5.91 Å². The van der Waals surface area contributed by atoms with E-state index in [1.54, 1.807) is 17.8 Å². The number of rotatable bonds is 6. The molecule has 0 aliphatic rings. The fourth-order valence-electron chi connectivity index (χ4n) is 1.74. The second-order valence-electron chi connectivity index (χ2n) is 4.36. The molecule has 0 aliphatic carbocycles. The first kappa shape index (κ1) is 16.9. The number of nitrogens with zero attached hydrogens (tertiary/aromatic N) is 1. The molecule has 0 fully saturated rings. The topological polar surface area (TPSA) is 52.9 Å². The Morgan fingerprint density at radius 1 is 1.23 bits per heavy atom. The van der Waals surface area contributed by atoms with Gasteiger partial charge < -0.3 is 5.32 Å². The zero-order chi connectivity index (χ0) is 15.8. The Balaban J connectivity index is 1.83. The molecule has 1 N–H and O–H groups in total. The number of hydrogen-bond donors (Lipinski definition) is 1. The molecule has 2 aromatic rings. The summed E-state index contributed by atoms with van der Waals surface area (Å²) in [5.41, 5.74) is 1.92. The molecule has 0 saturated heterocycles. The van der Waals surface area contributed by atoms with E-state index in [1.165, 1.54) is 5.56 Å². The van der Waals surface area contributed by atoms with Crippen LogP contribution in [0.1, 0.15) is 5.56 Å². The molecule has 2 aromatic carbocycles. The average molecular weight is 393 g/mol. The summed E-state index contributed by atoms with van der Waals surface area (Å²) in [7, 11) is 0. The summed E-state index contributed by atoms with van der Waals surface area (Å²) in [5, 5.41) is 13.5. The summed E-state index contributed by atoms with van der Waals surface area (Å²) < 4.78 is 0.772. The molecular weight excluding hydrogens is 380 g/mol. The minimum absolute atomic E-state index is 0.0395. The van der Waals surface area contributed by atoms with Gasteiger partial charge in [-0.2, -0.15) is 5.26 Å². The van der Waals surface area contributed by atoms with Gasteiger partial charge in [-0.15, -0.1) is 11.8 Å². The monoisotopic (exact) mass is 392 g/mol. The SMILES string of the molecule is N#CSc1ccc(NC(=O)CSCc2ccccc2)c(Br)c1. The van der Waals surface area contributed by atoms with Gasteiger partial charge in [-0.3, -0.25) is 4.79 Å². The predicted octanol–water partition coefficient (Wildman–Crippen LogP) is 4.89. The van der Waals surface area contributed by atoms with Gasteiger partial charge >= 0.3 is 0 Å².